The van der Waals surface area contributed by atoms with Crippen molar-refractivity contribution in [3.63, 3.8) is 0 Å². The van der Waals surface area contributed by atoms with Crippen molar-refractivity contribution in [3.8, 4) is 17.0 Å². The van der Waals surface area contributed by atoms with Gasteiger partial charge in [-0.1, -0.05) is 53.5 Å². The quantitative estimate of drug-likeness (QED) is 0.473. The zero-order valence-corrected chi connectivity index (χ0v) is 14.5. The van der Waals surface area contributed by atoms with Crippen LogP contribution < -0.4 is 10.2 Å². The summed E-state index contributed by atoms with van der Waals surface area (Å²) in [4.78, 5) is 0. The molecular weight excluding hydrogens is 329 g/mol. The van der Waals surface area contributed by atoms with E-state index in [0.29, 0.717) is 0 Å². The molecule has 0 unspecified atom stereocenters. The van der Waals surface area contributed by atoms with Crippen LogP contribution in [-0.4, -0.2) is 12.4 Å². The van der Waals surface area contributed by atoms with Crippen LogP contribution in [-0.2, 0) is 0 Å². The Morgan fingerprint density at radius 3 is 2.60 bits per heavy atom. The molecule has 2 nitrogen and oxygen atoms in total. The van der Waals surface area contributed by atoms with Gasteiger partial charge in [-0.15, -0.1) is 0 Å². The highest BCUT2D eigenvalue weighted by molar-refractivity contribution is 6.32. The zero-order valence-electron chi connectivity index (χ0n) is 13.7. The molecule has 1 aliphatic rings. The molecule has 0 amide bonds. The van der Waals surface area contributed by atoms with Crippen LogP contribution in [0.4, 0.5) is 0 Å². The Bertz CT molecular complexity index is 1100. The Kier molecular flexibility index (Phi) is 3.19. The van der Waals surface area contributed by atoms with E-state index in [1.54, 1.807) is 0 Å². The summed E-state index contributed by atoms with van der Waals surface area (Å²) >= 11 is 6.22. The minimum Gasteiger partial charge on any atom is -0.465 e. The van der Waals surface area contributed by atoms with Gasteiger partial charge >= 0.3 is 0 Å². The average molecular weight is 344 g/mol. The Hall–Kier alpha value is -2.65. The predicted molar refractivity (Wildman–Crippen MR) is 106 cm³/mol. The van der Waals surface area contributed by atoms with E-state index in [4.69, 9.17) is 16.3 Å². The summed E-state index contributed by atoms with van der Waals surface area (Å²) < 4.78 is 8.71. The summed E-state index contributed by atoms with van der Waals surface area (Å²) in [6.07, 6.45) is -0.191. The Morgan fingerprint density at radius 2 is 1.76 bits per heavy atom. The van der Waals surface area contributed by atoms with Gasteiger partial charge in [0.25, 0.3) is 0 Å². The van der Waals surface area contributed by atoms with Gasteiger partial charge in [-0.3, -0.25) is 0 Å². The second kappa shape index (κ2) is 5.43. The number of aromatic nitrogens is 1. The van der Waals surface area contributed by atoms with Gasteiger partial charge in [0.2, 0.25) is 6.23 Å². The van der Waals surface area contributed by atoms with E-state index in [1.807, 2.05) is 30.3 Å². The number of hydrogen-bond donors (Lipinski definition) is 0. The molecule has 0 radical (unpaired) electrons. The number of halogens is 1. The second-order valence-corrected chi connectivity index (χ2v) is 6.92. The number of rotatable bonds is 1. The molecule has 0 saturated carbocycles. The van der Waals surface area contributed by atoms with E-state index in [1.165, 1.54) is 5.46 Å². The lowest BCUT2D eigenvalue weighted by Gasteiger charge is -2.30. The third-order valence-corrected chi connectivity index (χ3v) is 5.01. The van der Waals surface area contributed by atoms with Crippen LogP contribution in [0.15, 0.2) is 72.8 Å². The van der Waals surface area contributed by atoms with E-state index < -0.39 is 0 Å². The van der Waals surface area contributed by atoms with E-state index in [9.17, 15) is 0 Å². The topological polar surface area (TPSA) is 14.2 Å². The lowest BCUT2D eigenvalue weighted by atomic mass is 9.93. The van der Waals surface area contributed by atoms with Gasteiger partial charge in [-0.05, 0) is 36.4 Å². The summed E-state index contributed by atoms with van der Waals surface area (Å²) in [5.41, 5.74) is 5.72. The maximum atomic E-state index is 6.45. The summed E-state index contributed by atoms with van der Waals surface area (Å²) in [6.45, 7) is 0. The summed E-state index contributed by atoms with van der Waals surface area (Å²) in [7, 11) is 2.09. The summed E-state index contributed by atoms with van der Waals surface area (Å²) in [6, 6.07) is 24.9. The standard InChI is InChI=1S/C21H15BClNO/c22-15-6-8-17-19-11-14-10-16(23)7-9-18(14)24(19)21(25-20(17)12-15)13-4-2-1-3-5-13/h1-12,21H,22H2/t21-/m0/s1. The van der Waals surface area contributed by atoms with Gasteiger partial charge in [0.1, 0.15) is 13.6 Å². The van der Waals surface area contributed by atoms with Crippen molar-refractivity contribution in [1.82, 2.24) is 4.57 Å². The first-order chi connectivity index (χ1) is 12.2. The third kappa shape index (κ3) is 2.27. The van der Waals surface area contributed by atoms with Gasteiger partial charge in [0.05, 0.1) is 11.2 Å². The normalized spacial score (nSPS) is 15.5. The number of nitrogens with zero attached hydrogens (tertiary/aromatic N) is 1. The maximum Gasteiger partial charge on any atom is 0.203 e. The van der Waals surface area contributed by atoms with Gasteiger partial charge in [-0.25, -0.2) is 0 Å². The van der Waals surface area contributed by atoms with Gasteiger partial charge in [-0.2, -0.15) is 0 Å². The van der Waals surface area contributed by atoms with Crippen LogP contribution in [0.3, 0.4) is 0 Å². The number of fused-ring (bicyclic) bond motifs is 5. The Morgan fingerprint density at radius 1 is 0.920 bits per heavy atom. The molecule has 1 aliphatic heterocycles. The van der Waals surface area contributed by atoms with E-state index >= 15 is 0 Å². The highest BCUT2D eigenvalue weighted by Crippen LogP contribution is 2.43. The summed E-state index contributed by atoms with van der Waals surface area (Å²) in [5, 5.41) is 1.87. The van der Waals surface area contributed by atoms with Crippen LogP contribution in [0.5, 0.6) is 5.75 Å². The summed E-state index contributed by atoms with van der Waals surface area (Å²) in [5.74, 6) is 0.926. The Labute approximate surface area is 152 Å². The Balaban J connectivity index is 1.84. The molecule has 0 saturated heterocycles. The molecule has 4 heteroatoms. The highest BCUT2D eigenvalue weighted by atomic mass is 35.5. The van der Waals surface area contributed by atoms with Gasteiger partial charge in [0.15, 0.2) is 0 Å². The minimum absolute atomic E-state index is 0.191. The van der Waals surface area contributed by atoms with Crippen molar-refractivity contribution in [2.75, 3.05) is 0 Å². The van der Waals surface area contributed by atoms with Gasteiger partial charge in [0, 0.05) is 21.5 Å². The molecule has 0 fully saturated rings. The molecule has 4 aromatic rings. The van der Waals surface area contributed by atoms with E-state index in [-0.39, 0.29) is 6.23 Å². The van der Waals surface area contributed by atoms with Crippen molar-refractivity contribution in [1.29, 1.82) is 0 Å². The maximum absolute atomic E-state index is 6.45. The van der Waals surface area contributed by atoms with Crippen LogP contribution in [0, 0.1) is 0 Å². The molecule has 0 spiro atoms. The number of hydrogen-bond acceptors (Lipinski definition) is 1. The van der Waals surface area contributed by atoms with Crippen molar-refractivity contribution in [3.05, 3.63) is 83.4 Å². The second-order valence-electron chi connectivity index (χ2n) is 6.48. The molecular formula is C21H15BClNO. The smallest absolute Gasteiger partial charge is 0.203 e. The van der Waals surface area contributed by atoms with E-state index in [2.05, 4.69) is 54.9 Å². The molecule has 0 aliphatic carbocycles. The zero-order chi connectivity index (χ0) is 17.0. The monoisotopic (exact) mass is 343 g/mol. The molecule has 1 atom stereocenters. The van der Waals surface area contributed by atoms with E-state index in [0.717, 1.165) is 38.5 Å². The van der Waals surface area contributed by atoms with Crippen LogP contribution in [0.1, 0.15) is 11.8 Å². The van der Waals surface area contributed by atoms with Crippen LogP contribution in [0.25, 0.3) is 22.2 Å². The fraction of sp³-hybridized carbons (Fsp3) is 0.0476. The molecule has 0 N–H and O–H groups in total. The lowest BCUT2D eigenvalue weighted by molar-refractivity contribution is 0.173. The first-order valence-corrected chi connectivity index (χ1v) is 8.71. The van der Waals surface area contributed by atoms with Crippen LogP contribution >= 0.6 is 11.6 Å². The van der Waals surface area contributed by atoms with Crippen molar-refractivity contribution >= 4 is 35.8 Å². The fourth-order valence-electron chi connectivity index (χ4n) is 3.61. The minimum atomic E-state index is -0.191. The first-order valence-electron chi connectivity index (χ1n) is 8.34. The van der Waals surface area contributed by atoms with Crippen molar-refractivity contribution in [2.45, 2.75) is 6.23 Å². The average Bonchev–Trinajstić information content (AvgIpc) is 3.00. The van der Waals surface area contributed by atoms with Gasteiger partial charge < -0.3 is 9.30 Å². The molecule has 0 bridgehead atoms. The third-order valence-electron chi connectivity index (χ3n) is 4.77. The largest absolute Gasteiger partial charge is 0.465 e. The molecule has 120 valence electrons. The number of ether oxygens (including phenoxy) is 1. The first kappa shape index (κ1) is 14.7. The predicted octanol–water partition coefficient (Wildman–Crippen LogP) is 4.16. The lowest BCUT2D eigenvalue weighted by Crippen LogP contribution is -2.23. The van der Waals surface area contributed by atoms with Crippen LogP contribution in [0.2, 0.25) is 5.02 Å². The molecule has 1 aromatic heterocycles. The molecule has 5 rings (SSSR count). The van der Waals surface area contributed by atoms with Crippen molar-refractivity contribution in [2.24, 2.45) is 0 Å². The fourth-order valence-corrected chi connectivity index (χ4v) is 3.79. The molecule has 2 heterocycles. The number of benzene rings is 3. The SMILES string of the molecule is Bc1ccc2c(c1)O[C@@H](c1ccccc1)n1c-2cc2cc(Cl)ccc21. The molecule has 25 heavy (non-hydrogen) atoms. The highest BCUT2D eigenvalue weighted by Gasteiger charge is 2.28. The van der Waals surface area contributed by atoms with Crippen molar-refractivity contribution < 1.29 is 4.74 Å². The molecule has 3 aromatic carbocycles.